The van der Waals surface area contributed by atoms with E-state index in [4.69, 9.17) is 17.3 Å². The fourth-order valence-electron chi connectivity index (χ4n) is 0.953. The van der Waals surface area contributed by atoms with Crippen LogP contribution in [0.3, 0.4) is 0 Å². The van der Waals surface area contributed by atoms with E-state index in [1.165, 1.54) is 0 Å². The predicted octanol–water partition coefficient (Wildman–Crippen LogP) is 2.60. The van der Waals surface area contributed by atoms with E-state index in [1.807, 2.05) is 0 Å². The molecular weight excluding hydrogens is 238 g/mol. The van der Waals surface area contributed by atoms with Crippen molar-refractivity contribution in [2.24, 2.45) is 5.73 Å². The smallest absolute Gasteiger partial charge is 0.366 e. The van der Waals surface area contributed by atoms with Gasteiger partial charge in [-0.2, -0.15) is 13.2 Å². The summed E-state index contributed by atoms with van der Waals surface area (Å²) in [6.45, 7) is 0. The van der Waals surface area contributed by atoms with Crippen molar-refractivity contribution in [1.29, 1.82) is 0 Å². The van der Waals surface area contributed by atoms with Crippen molar-refractivity contribution in [1.82, 2.24) is 0 Å². The lowest BCUT2D eigenvalue weighted by Gasteiger charge is -2.09. The Morgan fingerprint density at radius 2 is 1.87 bits per heavy atom. The summed E-state index contributed by atoms with van der Waals surface area (Å²) >= 11 is 5.33. The third kappa shape index (κ3) is 2.38. The summed E-state index contributed by atoms with van der Waals surface area (Å²) < 4.78 is 49.3. The first-order valence-electron chi connectivity index (χ1n) is 3.59. The molecule has 0 spiro atoms. The van der Waals surface area contributed by atoms with Gasteiger partial charge in [-0.05, 0) is 12.1 Å². The molecule has 0 aliphatic rings. The second-order valence-corrected chi connectivity index (χ2v) is 3.08. The molecule has 0 aromatic heterocycles. The van der Waals surface area contributed by atoms with E-state index in [-0.39, 0.29) is 0 Å². The van der Waals surface area contributed by atoms with Crippen molar-refractivity contribution in [2.75, 3.05) is 0 Å². The molecule has 0 radical (unpaired) electrons. The zero-order valence-corrected chi connectivity index (χ0v) is 7.79. The Kier molecular flexibility index (Phi) is 2.90. The number of carbonyl (C=O) groups is 1. The van der Waals surface area contributed by atoms with Gasteiger partial charge in [-0.25, -0.2) is 4.39 Å². The highest BCUT2D eigenvalue weighted by atomic mass is 35.5. The van der Waals surface area contributed by atoms with Gasteiger partial charge in [-0.3, -0.25) is 4.79 Å². The largest absolute Gasteiger partial charge is 0.419 e. The van der Waals surface area contributed by atoms with E-state index in [0.717, 1.165) is 0 Å². The molecule has 0 saturated carbocycles. The maximum Gasteiger partial charge on any atom is 0.419 e. The van der Waals surface area contributed by atoms with Gasteiger partial charge >= 0.3 is 6.18 Å². The molecule has 0 aliphatic carbocycles. The number of rotatable bonds is 1. The third-order valence-electron chi connectivity index (χ3n) is 1.63. The van der Waals surface area contributed by atoms with E-state index in [1.54, 1.807) is 0 Å². The standard InChI is InChI=1S/C8H4ClF4NO/c9-5-2-4(8(11,12)13)6(10)1-3(5)7(14)15/h1-2H,(H2,14,15). The number of carbonyl (C=O) groups excluding carboxylic acids is 1. The van der Waals surface area contributed by atoms with Crippen LogP contribution in [0.25, 0.3) is 0 Å². The molecule has 82 valence electrons. The molecule has 1 aromatic rings. The van der Waals surface area contributed by atoms with Gasteiger partial charge < -0.3 is 5.73 Å². The van der Waals surface area contributed by atoms with Crippen molar-refractivity contribution in [3.05, 3.63) is 34.1 Å². The molecule has 1 amide bonds. The van der Waals surface area contributed by atoms with Crippen molar-refractivity contribution in [3.63, 3.8) is 0 Å². The molecule has 0 heterocycles. The number of halogens is 5. The normalized spacial score (nSPS) is 11.5. The maximum atomic E-state index is 12.9. The van der Waals surface area contributed by atoms with Gasteiger partial charge in [0.2, 0.25) is 5.91 Å². The second-order valence-electron chi connectivity index (χ2n) is 2.67. The van der Waals surface area contributed by atoms with Crippen LogP contribution in [0.5, 0.6) is 0 Å². The highest BCUT2D eigenvalue weighted by Gasteiger charge is 2.35. The summed E-state index contributed by atoms with van der Waals surface area (Å²) in [4.78, 5) is 10.6. The minimum Gasteiger partial charge on any atom is -0.366 e. The van der Waals surface area contributed by atoms with E-state index in [2.05, 4.69) is 0 Å². The first kappa shape index (κ1) is 11.8. The molecule has 0 unspecified atom stereocenters. The van der Waals surface area contributed by atoms with Crippen LogP contribution in [-0.4, -0.2) is 5.91 Å². The van der Waals surface area contributed by atoms with E-state index in [9.17, 15) is 22.4 Å². The molecule has 15 heavy (non-hydrogen) atoms. The van der Waals surface area contributed by atoms with Gasteiger partial charge in [-0.1, -0.05) is 11.6 Å². The molecule has 0 bridgehead atoms. The van der Waals surface area contributed by atoms with Crippen LogP contribution < -0.4 is 5.73 Å². The van der Waals surface area contributed by atoms with Gasteiger partial charge in [0.25, 0.3) is 0 Å². The number of hydrogen-bond donors (Lipinski definition) is 1. The number of nitrogens with two attached hydrogens (primary N) is 1. The number of alkyl halides is 3. The first-order chi connectivity index (χ1) is 6.73. The summed E-state index contributed by atoms with van der Waals surface area (Å²) in [5.74, 6) is -2.67. The SMILES string of the molecule is NC(=O)c1cc(F)c(C(F)(F)F)cc1Cl. The maximum absolute atomic E-state index is 12.9. The van der Waals surface area contributed by atoms with E-state index in [0.29, 0.717) is 12.1 Å². The fourth-order valence-corrected chi connectivity index (χ4v) is 1.21. The monoisotopic (exact) mass is 241 g/mol. The molecule has 0 atom stereocenters. The predicted molar refractivity (Wildman–Crippen MR) is 44.9 cm³/mol. The lowest BCUT2D eigenvalue weighted by atomic mass is 10.1. The van der Waals surface area contributed by atoms with Crippen molar-refractivity contribution in [2.45, 2.75) is 6.18 Å². The zero-order chi connectivity index (χ0) is 11.8. The number of benzene rings is 1. The van der Waals surface area contributed by atoms with Crippen molar-refractivity contribution < 1.29 is 22.4 Å². The summed E-state index contributed by atoms with van der Waals surface area (Å²) in [5.41, 5.74) is 2.76. The number of primary amides is 1. The van der Waals surface area contributed by atoms with Gasteiger partial charge in [0, 0.05) is 0 Å². The molecule has 1 aromatic carbocycles. The fraction of sp³-hybridized carbons (Fsp3) is 0.125. The van der Waals surface area contributed by atoms with E-state index >= 15 is 0 Å². The Labute approximate surface area is 86.6 Å². The second kappa shape index (κ2) is 3.69. The van der Waals surface area contributed by atoms with Crippen LogP contribution in [-0.2, 0) is 6.18 Å². The minimum atomic E-state index is -4.86. The molecule has 1 rings (SSSR count). The third-order valence-corrected chi connectivity index (χ3v) is 1.94. The van der Waals surface area contributed by atoms with Crippen LogP contribution in [0.15, 0.2) is 12.1 Å². The lowest BCUT2D eigenvalue weighted by Crippen LogP contribution is -2.15. The molecule has 0 fully saturated rings. The van der Waals surface area contributed by atoms with Crippen LogP contribution in [0, 0.1) is 5.82 Å². The van der Waals surface area contributed by atoms with E-state index < -0.39 is 34.1 Å². The quantitative estimate of drug-likeness (QED) is 0.755. The molecule has 7 heteroatoms. The van der Waals surface area contributed by atoms with Gasteiger partial charge in [-0.15, -0.1) is 0 Å². The highest BCUT2D eigenvalue weighted by Crippen LogP contribution is 2.34. The Hall–Kier alpha value is -1.30. The lowest BCUT2D eigenvalue weighted by molar-refractivity contribution is -0.140. The van der Waals surface area contributed by atoms with Gasteiger partial charge in [0.05, 0.1) is 16.1 Å². The van der Waals surface area contributed by atoms with Gasteiger partial charge in [0.15, 0.2) is 0 Å². The number of hydrogen-bond acceptors (Lipinski definition) is 1. The summed E-state index contributed by atoms with van der Waals surface area (Å²) in [6, 6.07) is 0.699. The highest BCUT2D eigenvalue weighted by molar-refractivity contribution is 6.33. The van der Waals surface area contributed by atoms with Crippen molar-refractivity contribution >= 4 is 17.5 Å². The Morgan fingerprint density at radius 1 is 1.33 bits per heavy atom. The summed E-state index contributed by atoms with van der Waals surface area (Å²) in [7, 11) is 0. The minimum absolute atomic E-state index is 0.330. The Balaban J connectivity index is 3.39. The summed E-state index contributed by atoms with van der Waals surface area (Å²) in [5, 5.41) is -0.531. The molecule has 0 saturated heterocycles. The Bertz CT molecular complexity index is 416. The molecule has 2 N–H and O–H groups in total. The molecule has 0 aliphatic heterocycles. The van der Waals surface area contributed by atoms with Crippen LogP contribution >= 0.6 is 11.6 Å². The summed E-state index contributed by atoms with van der Waals surface area (Å²) in [6.07, 6.45) is -4.86. The molecule has 2 nitrogen and oxygen atoms in total. The van der Waals surface area contributed by atoms with Crippen molar-refractivity contribution in [3.8, 4) is 0 Å². The number of amides is 1. The van der Waals surface area contributed by atoms with Crippen LogP contribution in [0.1, 0.15) is 15.9 Å². The Morgan fingerprint density at radius 3 is 2.27 bits per heavy atom. The molecular formula is C8H4ClF4NO. The van der Waals surface area contributed by atoms with Crippen LogP contribution in [0.4, 0.5) is 17.6 Å². The zero-order valence-electron chi connectivity index (χ0n) is 7.03. The average molecular weight is 242 g/mol. The topological polar surface area (TPSA) is 43.1 Å². The van der Waals surface area contributed by atoms with Gasteiger partial charge in [0.1, 0.15) is 5.82 Å². The average Bonchev–Trinajstić information content (AvgIpc) is 2.06. The van der Waals surface area contributed by atoms with Crippen LogP contribution in [0.2, 0.25) is 5.02 Å². The first-order valence-corrected chi connectivity index (χ1v) is 3.97.